The first-order chi connectivity index (χ1) is 9.51. The highest BCUT2D eigenvalue weighted by atomic mass is 79.9. The van der Waals surface area contributed by atoms with E-state index in [1.807, 2.05) is 0 Å². The van der Waals surface area contributed by atoms with Crippen LogP contribution in [0, 0.1) is 5.82 Å². The normalized spacial score (nSPS) is 12.2. The van der Waals surface area contributed by atoms with Gasteiger partial charge in [0.1, 0.15) is 11.6 Å². The third kappa shape index (κ3) is 3.37. The smallest absolute Gasteiger partial charge is 0.131 e. The van der Waals surface area contributed by atoms with E-state index in [0.29, 0.717) is 21.9 Å². The second-order valence-electron chi connectivity index (χ2n) is 4.13. The Hall–Kier alpha value is -1.40. The molecule has 0 aliphatic heterocycles. The molecule has 0 radical (unpaired) electrons. The summed E-state index contributed by atoms with van der Waals surface area (Å²) in [5.74, 6) is 0.0569. The van der Waals surface area contributed by atoms with Crippen LogP contribution in [0.2, 0.25) is 0 Å². The Balaban J connectivity index is 2.25. The maximum atomic E-state index is 13.8. The summed E-state index contributed by atoms with van der Waals surface area (Å²) in [5.41, 5.74) is 6.60. The zero-order valence-electron chi connectivity index (χ0n) is 10.7. The molecule has 0 bridgehead atoms. The number of rotatable bonds is 4. The van der Waals surface area contributed by atoms with E-state index in [9.17, 15) is 8.60 Å². The van der Waals surface area contributed by atoms with Crippen molar-refractivity contribution in [2.45, 2.75) is 10.6 Å². The van der Waals surface area contributed by atoms with Gasteiger partial charge >= 0.3 is 0 Å². The fraction of sp³-hybridized carbons (Fsp3) is 0.143. The van der Waals surface area contributed by atoms with Crippen LogP contribution in [0.25, 0.3) is 0 Å². The third-order valence-corrected chi connectivity index (χ3v) is 4.68. The minimum absolute atomic E-state index is 0.0660. The van der Waals surface area contributed by atoms with E-state index in [1.165, 1.54) is 13.2 Å². The summed E-state index contributed by atoms with van der Waals surface area (Å²) in [6.45, 7) is 0. The van der Waals surface area contributed by atoms with Gasteiger partial charge in [0.25, 0.3) is 0 Å². The van der Waals surface area contributed by atoms with Crippen LogP contribution in [-0.2, 0) is 16.6 Å². The Morgan fingerprint density at radius 2 is 2.05 bits per heavy atom. The fourth-order valence-electron chi connectivity index (χ4n) is 1.70. The van der Waals surface area contributed by atoms with Crippen molar-refractivity contribution in [2.75, 3.05) is 12.8 Å². The number of anilines is 1. The summed E-state index contributed by atoms with van der Waals surface area (Å²) >= 11 is 3.30. The highest BCUT2D eigenvalue weighted by Crippen LogP contribution is 2.25. The Kier molecular flexibility index (Phi) is 4.77. The van der Waals surface area contributed by atoms with E-state index < -0.39 is 16.6 Å². The summed E-state index contributed by atoms with van der Waals surface area (Å²) in [7, 11) is 0.0562. The number of halogens is 2. The topological polar surface area (TPSA) is 52.3 Å². The van der Waals surface area contributed by atoms with Crippen LogP contribution >= 0.6 is 15.9 Å². The van der Waals surface area contributed by atoms with Crippen molar-refractivity contribution in [3.05, 3.63) is 52.3 Å². The molecule has 106 valence electrons. The number of nitrogen functional groups attached to an aromatic ring is 1. The third-order valence-electron chi connectivity index (χ3n) is 2.77. The number of nitrogens with two attached hydrogens (primary N) is 1. The van der Waals surface area contributed by atoms with E-state index >= 15 is 0 Å². The molecule has 20 heavy (non-hydrogen) atoms. The van der Waals surface area contributed by atoms with E-state index in [-0.39, 0.29) is 5.75 Å². The highest BCUT2D eigenvalue weighted by Gasteiger charge is 2.13. The van der Waals surface area contributed by atoms with Crippen LogP contribution in [0.4, 0.5) is 10.1 Å². The second kappa shape index (κ2) is 6.37. The van der Waals surface area contributed by atoms with Gasteiger partial charge in [0.2, 0.25) is 0 Å². The predicted molar refractivity (Wildman–Crippen MR) is 81.6 cm³/mol. The first-order valence-corrected chi connectivity index (χ1v) is 7.88. The lowest BCUT2D eigenvalue weighted by molar-refractivity contribution is 0.411. The Labute approximate surface area is 127 Å². The van der Waals surface area contributed by atoms with Gasteiger partial charge in [-0.3, -0.25) is 4.21 Å². The van der Waals surface area contributed by atoms with E-state index in [2.05, 4.69) is 15.9 Å². The predicted octanol–water partition coefficient (Wildman–Crippen LogP) is 3.49. The number of benzene rings is 2. The van der Waals surface area contributed by atoms with Crippen LogP contribution in [0.15, 0.2) is 45.8 Å². The maximum Gasteiger partial charge on any atom is 0.131 e. The van der Waals surface area contributed by atoms with Crippen molar-refractivity contribution in [1.29, 1.82) is 0 Å². The van der Waals surface area contributed by atoms with E-state index in [0.717, 1.165) is 4.47 Å². The lowest BCUT2D eigenvalue weighted by Gasteiger charge is -2.08. The van der Waals surface area contributed by atoms with Crippen molar-refractivity contribution >= 4 is 32.4 Å². The molecule has 1 atom stereocenters. The monoisotopic (exact) mass is 357 g/mol. The Morgan fingerprint density at radius 1 is 1.30 bits per heavy atom. The van der Waals surface area contributed by atoms with Crippen molar-refractivity contribution in [1.82, 2.24) is 0 Å². The van der Waals surface area contributed by atoms with Crippen LogP contribution < -0.4 is 10.5 Å². The largest absolute Gasteiger partial charge is 0.497 e. The minimum atomic E-state index is -1.41. The van der Waals surface area contributed by atoms with Crippen LogP contribution in [0.1, 0.15) is 5.56 Å². The summed E-state index contributed by atoms with van der Waals surface area (Å²) in [6, 6.07) is 9.61. The van der Waals surface area contributed by atoms with Crippen molar-refractivity contribution in [3.8, 4) is 5.75 Å². The zero-order chi connectivity index (χ0) is 14.7. The highest BCUT2D eigenvalue weighted by molar-refractivity contribution is 9.10. The average Bonchev–Trinajstić information content (AvgIpc) is 2.43. The van der Waals surface area contributed by atoms with Gasteiger partial charge in [-0.2, -0.15) is 0 Å². The van der Waals surface area contributed by atoms with Crippen molar-refractivity contribution in [3.63, 3.8) is 0 Å². The average molecular weight is 358 g/mol. The molecule has 0 aliphatic rings. The number of hydrogen-bond donors (Lipinski definition) is 1. The van der Waals surface area contributed by atoms with E-state index in [1.54, 1.807) is 30.3 Å². The first-order valence-electron chi connectivity index (χ1n) is 5.77. The van der Waals surface area contributed by atoms with Crippen LogP contribution in [0.3, 0.4) is 0 Å². The number of methoxy groups -OCH3 is 1. The summed E-state index contributed by atoms with van der Waals surface area (Å²) in [4.78, 5) is 0.495. The fourth-order valence-corrected chi connectivity index (χ4v) is 3.47. The van der Waals surface area contributed by atoms with Gasteiger partial charge in [-0.25, -0.2) is 4.39 Å². The standard InChI is InChI=1S/C14H13BrFNO2S/c1-19-11-4-2-9(12(16)7-11)8-20(18)14-6-10(15)3-5-13(14)17/h2-7H,8,17H2,1H3. The van der Waals surface area contributed by atoms with Gasteiger partial charge < -0.3 is 10.5 Å². The van der Waals surface area contributed by atoms with Crippen LogP contribution in [-0.4, -0.2) is 11.3 Å². The van der Waals surface area contributed by atoms with Gasteiger partial charge in [-0.05, 0) is 24.3 Å². The Morgan fingerprint density at radius 3 is 2.70 bits per heavy atom. The molecule has 0 fully saturated rings. The van der Waals surface area contributed by atoms with Gasteiger partial charge in [-0.1, -0.05) is 22.0 Å². The molecule has 0 heterocycles. The molecule has 2 N–H and O–H groups in total. The molecule has 1 unspecified atom stereocenters. The summed E-state index contributed by atoms with van der Waals surface area (Å²) < 4.78 is 31.9. The number of hydrogen-bond acceptors (Lipinski definition) is 3. The van der Waals surface area contributed by atoms with Crippen LogP contribution in [0.5, 0.6) is 5.75 Å². The van der Waals surface area contributed by atoms with Gasteiger partial charge in [0, 0.05) is 21.8 Å². The molecule has 0 aliphatic carbocycles. The zero-order valence-corrected chi connectivity index (χ0v) is 13.1. The molecular formula is C14H13BrFNO2S. The molecule has 0 saturated heterocycles. The maximum absolute atomic E-state index is 13.8. The summed E-state index contributed by atoms with van der Waals surface area (Å²) in [5, 5.41) is 0. The SMILES string of the molecule is COc1ccc(CS(=O)c2cc(Br)ccc2N)c(F)c1. The molecule has 0 aromatic heterocycles. The Bertz CT molecular complexity index is 664. The molecule has 3 nitrogen and oxygen atoms in total. The molecule has 6 heteroatoms. The summed E-state index contributed by atoms with van der Waals surface area (Å²) in [6.07, 6.45) is 0. The second-order valence-corrected chi connectivity index (χ2v) is 6.46. The molecule has 0 saturated carbocycles. The van der Waals surface area contributed by atoms with Gasteiger partial charge in [0.15, 0.2) is 0 Å². The van der Waals surface area contributed by atoms with Crippen molar-refractivity contribution in [2.24, 2.45) is 0 Å². The minimum Gasteiger partial charge on any atom is -0.497 e. The first kappa shape index (κ1) is 15.0. The van der Waals surface area contributed by atoms with E-state index in [4.69, 9.17) is 10.5 Å². The molecule has 2 aromatic carbocycles. The van der Waals surface area contributed by atoms with Gasteiger partial charge in [0.05, 0.1) is 28.6 Å². The van der Waals surface area contributed by atoms with Crippen molar-refractivity contribution < 1.29 is 13.3 Å². The quantitative estimate of drug-likeness (QED) is 0.852. The molecule has 2 rings (SSSR count). The lowest BCUT2D eigenvalue weighted by Crippen LogP contribution is -2.02. The molecule has 0 spiro atoms. The molecule has 2 aromatic rings. The molecular weight excluding hydrogens is 345 g/mol. The lowest BCUT2D eigenvalue weighted by atomic mass is 10.2. The number of ether oxygens (including phenoxy) is 1. The molecule has 0 amide bonds. The van der Waals surface area contributed by atoms with Gasteiger partial charge in [-0.15, -0.1) is 0 Å².